The molecule has 0 aromatic heterocycles. The Morgan fingerprint density at radius 3 is 2.10 bits per heavy atom. The predicted molar refractivity (Wildman–Crippen MR) is 78.4 cm³/mol. The number of ether oxygens (including phenoxy) is 1. The second-order valence-electron chi connectivity index (χ2n) is 4.65. The van der Waals surface area contributed by atoms with Gasteiger partial charge in [0.25, 0.3) is 0 Å². The largest absolute Gasteiger partial charge is 0.462 e. The predicted octanol–water partition coefficient (Wildman–Crippen LogP) is 3.42. The van der Waals surface area contributed by atoms with Gasteiger partial charge in [0.2, 0.25) is 0 Å². The monoisotopic (exact) mass is 288 g/mol. The zero-order valence-electron chi connectivity index (χ0n) is 11.6. The normalized spacial score (nSPS) is 10.4. The average molecular weight is 288 g/mol. The van der Waals surface area contributed by atoms with E-state index in [1.165, 1.54) is 12.1 Å². The third-order valence-corrected chi connectivity index (χ3v) is 3.08. The van der Waals surface area contributed by atoms with E-state index in [4.69, 9.17) is 9.84 Å². The van der Waals surface area contributed by atoms with Gasteiger partial charge in [-0.25, -0.2) is 9.18 Å². The Labute approximate surface area is 123 Å². The topological polar surface area (TPSA) is 46.5 Å². The van der Waals surface area contributed by atoms with Gasteiger partial charge in [0.1, 0.15) is 5.82 Å². The van der Waals surface area contributed by atoms with Gasteiger partial charge in [-0.05, 0) is 48.2 Å². The van der Waals surface area contributed by atoms with E-state index in [9.17, 15) is 9.18 Å². The summed E-state index contributed by atoms with van der Waals surface area (Å²) in [5, 5.41) is 8.64. The van der Waals surface area contributed by atoms with E-state index in [2.05, 4.69) is 0 Å². The molecule has 0 saturated heterocycles. The smallest absolute Gasteiger partial charge is 0.338 e. The molecule has 21 heavy (non-hydrogen) atoms. The average Bonchev–Trinajstić information content (AvgIpc) is 2.52. The maximum Gasteiger partial charge on any atom is 0.338 e. The summed E-state index contributed by atoms with van der Waals surface area (Å²) in [7, 11) is 0. The molecule has 0 amide bonds. The van der Waals surface area contributed by atoms with Gasteiger partial charge in [-0.2, -0.15) is 0 Å². The van der Waals surface area contributed by atoms with Gasteiger partial charge >= 0.3 is 5.97 Å². The number of hydrogen-bond acceptors (Lipinski definition) is 3. The van der Waals surface area contributed by atoms with Crippen molar-refractivity contribution in [3.05, 3.63) is 59.9 Å². The number of carbonyl (C=O) groups excluding carboxylic acids is 1. The Hall–Kier alpha value is -2.20. The maximum absolute atomic E-state index is 12.9. The molecule has 3 nitrogen and oxygen atoms in total. The van der Waals surface area contributed by atoms with Crippen LogP contribution in [-0.4, -0.2) is 24.3 Å². The summed E-state index contributed by atoms with van der Waals surface area (Å²) < 4.78 is 18.0. The quantitative estimate of drug-likeness (QED) is 0.654. The molecule has 1 N–H and O–H groups in total. The minimum atomic E-state index is -0.376. The van der Waals surface area contributed by atoms with Crippen LogP contribution in [0.2, 0.25) is 0 Å². The van der Waals surface area contributed by atoms with Crippen molar-refractivity contribution in [2.45, 2.75) is 12.8 Å². The molecule has 2 aromatic rings. The molecule has 0 atom stereocenters. The highest BCUT2D eigenvalue weighted by molar-refractivity contribution is 5.90. The van der Waals surface area contributed by atoms with E-state index in [-0.39, 0.29) is 18.4 Å². The number of esters is 1. The van der Waals surface area contributed by atoms with Crippen molar-refractivity contribution in [3.63, 3.8) is 0 Å². The van der Waals surface area contributed by atoms with Gasteiger partial charge in [0.15, 0.2) is 0 Å². The summed E-state index contributed by atoms with van der Waals surface area (Å²) >= 11 is 0. The van der Waals surface area contributed by atoms with Crippen LogP contribution in [-0.2, 0) is 4.74 Å². The highest BCUT2D eigenvalue weighted by Gasteiger charge is 2.07. The zero-order valence-corrected chi connectivity index (χ0v) is 11.6. The molecule has 0 aliphatic carbocycles. The van der Waals surface area contributed by atoms with Crippen LogP contribution < -0.4 is 0 Å². The summed E-state index contributed by atoms with van der Waals surface area (Å²) in [6, 6.07) is 13.2. The molecule has 0 saturated carbocycles. The van der Waals surface area contributed by atoms with Crippen LogP contribution in [0.5, 0.6) is 0 Å². The van der Waals surface area contributed by atoms with Gasteiger partial charge in [-0.15, -0.1) is 0 Å². The van der Waals surface area contributed by atoms with E-state index >= 15 is 0 Å². The zero-order chi connectivity index (χ0) is 15.1. The summed E-state index contributed by atoms with van der Waals surface area (Å²) in [6.45, 7) is 0.406. The van der Waals surface area contributed by atoms with Crippen molar-refractivity contribution in [1.29, 1.82) is 0 Å². The van der Waals surface area contributed by atoms with Crippen LogP contribution in [0.1, 0.15) is 23.2 Å². The minimum Gasteiger partial charge on any atom is -0.462 e. The minimum absolute atomic E-state index is 0.101. The molecule has 110 valence electrons. The molecule has 0 aliphatic heterocycles. The Morgan fingerprint density at radius 1 is 0.952 bits per heavy atom. The van der Waals surface area contributed by atoms with Crippen LogP contribution in [0.3, 0.4) is 0 Å². The summed E-state index contributed by atoms with van der Waals surface area (Å²) in [5.74, 6) is -0.652. The number of aliphatic hydroxyl groups excluding tert-OH is 1. The maximum atomic E-state index is 12.9. The Balaban J connectivity index is 1.98. The number of halogens is 1. The molecule has 2 aromatic carbocycles. The van der Waals surface area contributed by atoms with Crippen LogP contribution in [0.15, 0.2) is 48.5 Å². The van der Waals surface area contributed by atoms with Crippen LogP contribution in [0.4, 0.5) is 4.39 Å². The van der Waals surface area contributed by atoms with Crippen molar-refractivity contribution in [1.82, 2.24) is 0 Å². The van der Waals surface area contributed by atoms with Crippen molar-refractivity contribution in [2.75, 3.05) is 13.2 Å². The Kier molecular flexibility index (Phi) is 5.46. The molecule has 0 radical (unpaired) electrons. The lowest BCUT2D eigenvalue weighted by Crippen LogP contribution is -2.06. The molecule has 0 aliphatic rings. The van der Waals surface area contributed by atoms with Gasteiger partial charge in [0, 0.05) is 6.61 Å². The van der Waals surface area contributed by atoms with Crippen molar-refractivity contribution in [2.24, 2.45) is 0 Å². The lowest BCUT2D eigenvalue weighted by atomic mass is 10.0. The number of aliphatic hydroxyl groups is 1. The first-order chi connectivity index (χ1) is 10.2. The molecule has 0 spiro atoms. The fourth-order valence-corrected chi connectivity index (χ4v) is 1.90. The van der Waals surface area contributed by atoms with E-state index in [0.717, 1.165) is 11.1 Å². The molecule has 0 bridgehead atoms. The molecular weight excluding hydrogens is 271 g/mol. The van der Waals surface area contributed by atoms with Crippen LogP contribution in [0, 0.1) is 5.82 Å². The molecular formula is C17H17FO3. The number of carbonyl (C=O) groups is 1. The molecule has 4 heteroatoms. The third-order valence-electron chi connectivity index (χ3n) is 3.08. The Bertz CT molecular complexity index is 576. The van der Waals surface area contributed by atoms with Gasteiger partial charge in [-0.3, -0.25) is 0 Å². The summed E-state index contributed by atoms with van der Waals surface area (Å²) in [5.41, 5.74) is 2.27. The fourth-order valence-electron chi connectivity index (χ4n) is 1.90. The van der Waals surface area contributed by atoms with Gasteiger partial charge < -0.3 is 9.84 Å². The van der Waals surface area contributed by atoms with Crippen LogP contribution >= 0.6 is 0 Å². The lowest BCUT2D eigenvalue weighted by Gasteiger charge is -2.06. The van der Waals surface area contributed by atoms with Crippen molar-refractivity contribution in [3.8, 4) is 11.1 Å². The van der Waals surface area contributed by atoms with E-state index < -0.39 is 0 Å². The SMILES string of the molecule is O=C(OCCCCO)c1ccc(-c2ccc(F)cc2)cc1. The summed E-state index contributed by atoms with van der Waals surface area (Å²) in [6.07, 6.45) is 1.27. The van der Waals surface area contributed by atoms with Crippen molar-refractivity contribution < 1.29 is 19.0 Å². The summed E-state index contributed by atoms with van der Waals surface area (Å²) in [4.78, 5) is 11.8. The number of hydrogen-bond donors (Lipinski definition) is 1. The number of unbranched alkanes of at least 4 members (excludes halogenated alkanes) is 1. The highest BCUT2D eigenvalue weighted by Crippen LogP contribution is 2.20. The van der Waals surface area contributed by atoms with Gasteiger partial charge in [0.05, 0.1) is 12.2 Å². The van der Waals surface area contributed by atoms with E-state index in [0.29, 0.717) is 25.0 Å². The molecule has 0 fully saturated rings. The Morgan fingerprint density at radius 2 is 1.52 bits per heavy atom. The van der Waals surface area contributed by atoms with Crippen LogP contribution in [0.25, 0.3) is 11.1 Å². The third kappa shape index (κ3) is 4.39. The fraction of sp³-hybridized carbons (Fsp3) is 0.235. The first-order valence-electron chi connectivity index (χ1n) is 6.84. The molecule has 0 heterocycles. The standard InChI is InChI=1S/C17H17FO3/c18-16-9-7-14(8-10-16)13-3-5-15(6-4-13)17(20)21-12-2-1-11-19/h3-10,19H,1-2,11-12H2. The second kappa shape index (κ2) is 7.55. The first kappa shape index (κ1) is 15.2. The lowest BCUT2D eigenvalue weighted by molar-refractivity contribution is 0.0492. The first-order valence-corrected chi connectivity index (χ1v) is 6.84. The van der Waals surface area contributed by atoms with Gasteiger partial charge in [-0.1, -0.05) is 24.3 Å². The van der Waals surface area contributed by atoms with E-state index in [1.807, 2.05) is 0 Å². The number of benzene rings is 2. The number of rotatable bonds is 6. The molecule has 2 rings (SSSR count). The molecule has 0 unspecified atom stereocenters. The second-order valence-corrected chi connectivity index (χ2v) is 4.65. The van der Waals surface area contributed by atoms with E-state index in [1.54, 1.807) is 36.4 Å². The highest BCUT2D eigenvalue weighted by atomic mass is 19.1. The van der Waals surface area contributed by atoms with Crippen molar-refractivity contribution >= 4 is 5.97 Å².